The van der Waals surface area contributed by atoms with Crippen LogP contribution in [0.25, 0.3) is 0 Å². The SMILES string of the molecule is COCC(O)(OC)OC. The predicted molar refractivity (Wildman–Crippen MR) is 30.8 cm³/mol. The molecule has 0 aliphatic heterocycles. The van der Waals surface area contributed by atoms with Gasteiger partial charge in [-0.2, -0.15) is 0 Å². The first kappa shape index (κ1) is 8.84. The van der Waals surface area contributed by atoms with Crippen molar-refractivity contribution in [3.05, 3.63) is 0 Å². The first-order chi connectivity index (χ1) is 4.18. The molecule has 0 saturated carbocycles. The minimum Gasteiger partial charge on any atom is -0.376 e. The highest BCUT2D eigenvalue weighted by molar-refractivity contribution is 4.47. The van der Waals surface area contributed by atoms with E-state index in [0.29, 0.717) is 0 Å². The molecule has 56 valence electrons. The standard InChI is InChI=1S/C5H12O4/c1-7-4-5(6,8-2)9-3/h6H,4H2,1-3H3. The number of hydrogen-bond acceptors (Lipinski definition) is 4. The first-order valence-corrected chi connectivity index (χ1v) is 2.50. The molecule has 1 N–H and O–H groups in total. The summed E-state index contributed by atoms with van der Waals surface area (Å²) in [5, 5.41) is 9.06. The highest BCUT2D eigenvalue weighted by atomic mass is 16.8. The molecule has 4 heteroatoms. The van der Waals surface area contributed by atoms with Gasteiger partial charge in [0.25, 0.3) is 0 Å². The summed E-state index contributed by atoms with van der Waals surface area (Å²) in [4.78, 5) is 0. The second-order valence-electron chi connectivity index (χ2n) is 1.55. The Bertz CT molecular complexity index is 69.4. The maximum absolute atomic E-state index is 9.06. The molecule has 0 unspecified atom stereocenters. The lowest BCUT2D eigenvalue weighted by molar-refractivity contribution is -0.354. The molecule has 9 heavy (non-hydrogen) atoms. The number of hydrogen-bond donors (Lipinski definition) is 1. The van der Waals surface area contributed by atoms with Gasteiger partial charge in [-0.3, -0.25) is 0 Å². The van der Waals surface area contributed by atoms with Crippen molar-refractivity contribution in [2.24, 2.45) is 0 Å². The third-order valence-corrected chi connectivity index (χ3v) is 0.965. The van der Waals surface area contributed by atoms with Gasteiger partial charge in [-0.1, -0.05) is 0 Å². The lowest BCUT2D eigenvalue weighted by Gasteiger charge is -2.22. The molecule has 0 aromatic rings. The number of methoxy groups -OCH3 is 3. The van der Waals surface area contributed by atoms with Crippen molar-refractivity contribution >= 4 is 0 Å². The summed E-state index contributed by atoms with van der Waals surface area (Å²) in [5.74, 6) is -1.59. The fraction of sp³-hybridized carbons (Fsp3) is 1.00. The van der Waals surface area contributed by atoms with E-state index >= 15 is 0 Å². The van der Waals surface area contributed by atoms with Gasteiger partial charge in [0.2, 0.25) is 0 Å². The normalized spacial score (nSPS) is 12.0. The summed E-state index contributed by atoms with van der Waals surface area (Å²) >= 11 is 0. The van der Waals surface area contributed by atoms with E-state index in [1.54, 1.807) is 0 Å². The van der Waals surface area contributed by atoms with Crippen LogP contribution < -0.4 is 0 Å². The van der Waals surface area contributed by atoms with E-state index in [2.05, 4.69) is 14.2 Å². The summed E-state index contributed by atoms with van der Waals surface area (Å²) in [6.07, 6.45) is 0. The van der Waals surface area contributed by atoms with Gasteiger partial charge in [-0.15, -0.1) is 0 Å². The summed E-state index contributed by atoms with van der Waals surface area (Å²) in [7, 11) is 4.12. The maximum atomic E-state index is 9.06. The lowest BCUT2D eigenvalue weighted by atomic mass is 10.6. The molecule has 0 spiro atoms. The third kappa shape index (κ3) is 2.76. The zero-order valence-corrected chi connectivity index (χ0v) is 5.88. The Morgan fingerprint density at radius 1 is 1.22 bits per heavy atom. The smallest absolute Gasteiger partial charge is 0.304 e. The van der Waals surface area contributed by atoms with Crippen molar-refractivity contribution in [3.63, 3.8) is 0 Å². The number of ether oxygens (including phenoxy) is 3. The van der Waals surface area contributed by atoms with Crippen LogP contribution in [0.4, 0.5) is 0 Å². The molecule has 0 radical (unpaired) electrons. The van der Waals surface area contributed by atoms with E-state index in [0.717, 1.165) is 0 Å². The monoisotopic (exact) mass is 136 g/mol. The van der Waals surface area contributed by atoms with Crippen molar-refractivity contribution in [1.29, 1.82) is 0 Å². The molecule has 0 atom stereocenters. The fourth-order valence-corrected chi connectivity index (χ4v) is 0.384. The Labute approximate surface area is 54.3 Å². The fourth-order valence-electron chi connectivity index (χ4n) is 0.384. The first-order valence-electron chi connectivity index (χ1n) is 2.50. The topological polar surface area (TPSA) is 47.9 Å². The molecule has 0 fully saturated rings. The van der Waals surface area contributed by atoms with Gasteiger partial charge in [0.1, 0.15) is 6.61 Å². The van der Waals surface area contributed by atoms with E-state index in [4.69, 9.17) is 5.11 Å². The molecule has 0 aliphatic rings. The van der Waals surface area contributed by atoms with E-state index in [-0.39, 0.29) is 6.61 Å². The average molecular weight is 136 g/mol. The van der Waals surface area contributed by atoms with Crippen LogP contribution in [0.5, 0.6) is 0 Å². The average Bonchev–Trinajstić information content (AvgIpc) is 1.89. The summed E-state index contributed by atoms with van der Waals surface area (Å²) in [6.45, 7) is 0. The predicted octanol–water partition coefficient (Wildman–Crippen LogP) is -0.428. The van der Waals surface area contributed by atoms with Crippen molar-refractivity contribution < 1.29 is 19.3 Å². The van der Waals surface area contributed by atoms with Gasteiger partial charge in [-0.25, -0.2) is 0 Å². The molecule has 4 nitrogen and oxygen atoms in total. The minimum absolute atomic E-state index is 0. The highest BCUT2D eigenvalue weighted by Gasteiger charge is 2.25. The zero-order chi connectivity index (χ0) is 7.33. The Balaban J connectivity index is 3.62. The molecule has 0 saturated heterocycles. The number of rotatable bonds is 4. The van der Waals surface area contributed by atoms with Crippen LogP contribution in [0.2, 0.25) is 0 Å². The molecular formula is C5H12O4. The molecule has 0 aromatic heterocycles. The molecule has 0 heterocycles. The van der Waals surface area contributed by atoms with E-state index in [1.165, 1.54) is 21.3 Å². The molecular weight excluding hydrogens is 124 g/mol. The van der Waals surface area contributed by atoms with Crippen LogP contribution in [0, 0.1) is 0 Å². The van der Waals surface area contributed by atoms with Crippen LogP contribution in [0.3, 0.4) is 0 Å². The Hall–Kier alpha value is -0.160. The Morgan fingerprint density at radius 3 is 1.78 bits per heavy atom. The van der Waals surface area contributed by atoms with Crippen molar-refractivity contribution in [2.75, 3.05) is 27.9 Å². The second-order valence-corrected chi connectivity index (χ2v) is 1.55. The molecule has 0 bridgehead atoms. The second kappa shape index (κ2) is 3.79. The van der Waals surface area contributed by atoms with E-state index in [9.17, 15) is 0 Å². The van der Waals surface area contributed by atoms with Crippen LogP contribution in [0.1, 0.15) is 0 Å². The summed E-state index contributed by atoms with van der Waals surface area (Å²) in [6, 6.07) is 0. The zero-order valence-electron chi connectivity index (χ0n) is 5.88. The van der Waals surface area contributed by atoms with Crippen LogP contribution in [0.15, 0.2) is 0 Å². The highest BCUT2D eigenvalue weighted by Crippen LogP contribution is 2.04. The molecule has 0 amide bonds. The van der Waals surface area contributed by atoms with Crippen LogP contribution in [-0.2, 0) is 14.2 Å². The van der Waals surface area contributed by atoms with Gasteiger partial charge in [0.15, 0.2) is 0 Å². The van der Waals surface area contributed by atoms with Gasteiger partial charge in [0, 0.05) is 21.3 Å². The van der Waals surface area contributed by atoms with Crippen molar-refractivity contribution in [1.82, 2.24) is 0 Å². The molecule has 0 aromatic carbocycles. The van der Waals surface area contributed by atoms with Gasteiger partial charge in [-0.05, 0) is 0 Å². The van der Waals surface area contributed by atoms with E-state index < -0.39 is 5.97 Å². The molecule has 0 rings (SSSR count). The van der Waals surface area contributed by atoms with Crippen molar-refractivity contribution in [3.8, 4) is 0 Å². The van der Waals surface area contributed by atoms with Crippen LogP contribution in [-0.4, -0.2) is 39.0 Å². The Morgan fingerprint density at radius 2 is 1.67 bits per heavy atom. The van der Waals surface area contributed by atoms with Gasteiger partial charge in [0.05, 0.1) is 0 Å². The largest absolute Gasteiger partial charge is 0.376 e. The quantitative estimate of drug-likeness (QED) is 0.533. The summed E-state index contributed by atoms with van der Waals surface area (Å²) in [5.41, 5.74) is 0. The Kier molecular flexibility index (Phi) is 3.72. The summed E-state index contributed by atoms with van der Waals surface area (Å²) < 4.78 is 13.7. The van der Waals surface area contributed by atoms with Gasteiger partial charge < -0.3 is 19.3 Å². The van der Waals surface area contributed by atoms with Crippen molar-refractivity contribution in [2.45, 2.75) is 5.97 Å². The molecule has 0 aliphatic carbocycles. The minimum atomic E-state index is -1.59. The van der Waals surface area contributed by atoms with Gasteiger partial charge >= 0.3 is 5.97 Å². The number of aliphatic hydroxyl groups is 1. The van der Waals surface area contributed by atoms with E-state index in [1.807, 2.05) is 0 Å². The lowest BCUT2D eigenvalue weighted by Crippen LogP contribution is -2.38. The maximum Gasteiger partial charge on any atom is 0.304 e. The third-order valence-electron chi connectivity index (χ3n) is 0.965. The van der Waals surface area contributed by atoms with Crippen LogP contribution >= 0.6 is 0 Å².